The molecule has 0 unspecified atom stereocenters. The van der Waals surface area contributed by atoms with Gasteiger partial charge in [-0.3, -0.25) is 14.2 Å². The molecule has 0 radical (unpaired) electrons. The second-order valence-electron chi connectivity index (χ2n) is 8.18. The standard InChI is InChI=1S/C21H26N5O6P/c1-32-20-19-15(12-23-26(21(19)28)13-17(27)16-3-2-7-22-16)11-18(24-20)25-8-4-14(5-9-25)6-10-33(29,30)31/h2-3,7,11-12,14,22H,4-6,8-10,13H2,1H3,(H2,29,30,31). The molecule has 3 aromatic rings. The molecule has 0 spiro atoms. The number of pyridine rings is 1. The van der Waals surface area contributed by atoms with E-state index in [1.165, 1.54) is 13.3 Å². The van der Waals surface area contributed by atoms with Crippen molar-refractivity contribution in [1.29, 1.82) is 0 Å². The zero-order chi connectivity index (χ0) is 23.6. The fourth-order valence-electron chi connectivity index (χ4n) is 4.11. The zero-order valence-corrected chi connectivity index (χ0v) is 19.1. The van der Waals surface area contributed by atoms with E-state index in [0.717, 1.165) is 17.5 Å². The van der Waals surface area contributed by atoms with Crippen LogP contribution in [0.1, 0.15) is 29.8 Å². The third-order valence-corrected chi connectivity index (χ3v) is 6.78. The van der Waals surface area contributed by atoms with Crippen LogP contribution >= 0.6 is 7.60 Å². The predicted molar refractivity (Wildman–Crippen MR) is 122 cm³/mol. The van der Waals surface area contributed by atoms with Crippen molar-refractivity contribution in [2.45, 2.75) is 25.8 Å². The number of hydrogen-bond acceptors (Lipinski definition) is 7. The fraction of sp³-hybridized carbons (Fsp3) is 0.429. The number of aromatic nitrogens is 4. The van der Waals surface area contributed by atoms with Crippen molar-refractivity contribution in [1.82, 2.24) is 19.7 Å². The number of anilines is 1. The third-order valence-electron chi connectivity index (χ3n) is 5.94. The molecule has 0 aromatic carbocycles. The average Bonchev–Trinajstić information content (AvgIpc) is 3.34. The largest absolute Gasteiger partial charge is 0.480 e. The lowest BCUT2D eigenvalue weighted by Gasteiger charge is -2.33. The lowest BCUT2D eigenvalue weighted by atomic mass is 9.94. The summed E-state index contributed by atoms with van der Waals surface area (Å²) in [6.07, 6.45) is 5.16. The summed E-state index contributed by atoms with van der Waals surface area (Å²) in [6.45, 7) is 1.16. The molecule has 0 saturated carbocycles. The maximum Gasteiger partial charge on any atom is 0.325 e. The van der Waals surface area contributed by atoms with Crippen LogP contribution in [0.5, 0.6) is 5.88 Å². The first-order valence-electron chi connectivity index (χ1n) is 10.7. The Hall–Kier alpha value is -3.01. The summed E-state index contributed by atoms with van der Waals surface area (Å²) in [6, 6.07) is 5.12. The Labute approximate surface area is 189 Å². The van der Waals surface area contributed by atoms with E-state index in [2.05, 4.69) is 20.0 Å². The fourth-order valence-corrected chi connectivity index (χ4v) is 4.81. The monoisotopic (exact) mass is 475 g/mol. The molecule has 1 aliphatic rings. The van der Waals surface area contributed by atoms with Gasteiger partial charge in [-0.05, 0) is 43.4 Å². The van der Waals surface area contributed by atoms with Gasteiger partial charge in [0.05, 0.1) is 25.2 Å². The first-order chi connectivity index (χ1) is 15.7. The minimum atomic E-state index is -3.98. The number of carbonyl (C=O) groups excluding carboxylic acids is 1. The molecule has 0 aliphatic carbocycles. The highest BCUT2D eigenvalue weighted by molar-refractivity contribution is 7.51. The Morgan fingerprint density at radius 3 is 2.73 bits per heavy atom. The number of aromatic amines is 1. The summed E-state index contributed by atoms with van der Waals surface area (Å²) in [7, 11) is -2.54. The van der Waals surface area contributed by atoms with Crippen molar-refractivity contribution in [2.24, 2.45) is 5.92 Å². The molecule has 3 N–H and O–H groups in total. The number of piperidine rings is 1. The maximum atomic E-state index is 13.0. The van der Waals surface area contributed by atoms with Crippen molar-refractivity contribution >= 4 is 30.0 Å². The Morgan fingerprint density at radius 2 is 2.09 bits per heavy atom. The average molecular weight is 475 g/mol. The van der Waals surface area contributed by atoms with E-state index < -0.39 is 13.2 Å². The number of H-pyrrole nitrogens is 1. The van der Waals surface area contributed by atoms with Gasteiger partial charge in [0.15, 0.2) is 0 Å². The van der Waals surface area contributed by atoms with Gasteiger partial charge < -0.3 is 24.4 Å². The topological polar surface area (TPSA) is 151 Å². The quantitative estimate of drug-likeness (QED) is 0.327. The van der Waals surface area contributed by atoms with Crippen LogP contribution in [0.25, 0.3) is 10.8 Å². The van der Waals surface area contributed by atoms with Gasteiger partial charge in [0.25, 0.3) is 5.56 Å². The Kier molecular flexibility index (Phi) is 6.64. The zero-order valence-electron chi connectivity index (χ0n) is 18.2. The first-order valence-corrected chi connectivity index (χ1v) is 12.5. The molecule has 11 nitrogen and oxygen atoms in total. The molecule has 176 valence electrons. The minimum Gasteiger partial charge on any atom is -0.480 e. The van der Waals surface area contributed by atoms with E-state index >= 15 is 0 Å². The Morgan fingerprint density at radius 1 is 1.33 bits per heavy atom. The smallest absolute Gasteiger partial charge is 0.325 e. The predicted octanol–water partition coefficient (Wildman–Crippen LogP) is 1.80. The van der Waals surface area contributed by atoms with Gasteiger partial charge in [-0.2, -0.15) is 10.1 Å². The highest BCUT2D eigenvalue weighted by Crippen LogP contribution is 2.38. The molecule has 0 amide bonds. The number of Topliss-reactive ketones (excluding diaryl/α,β-unsaturated/α-hetero) is 1. The summed E-state index contributed by atoms with van der Waals surface area (Å²) in [5, 5.41) is 4.99. The summed E-state index contributed by atoms with van der Waals surface area (Å²) in [4.78, 5) is 53.0. The lowest BCUT2D eigenvalue weighted by Crippen LogP contribution is -2.34. The second-order valence-corrected chi connectivity index (χ2v) is 9.95. The molecule has 3 aromatic heterocycles. The Bertz CT molecular complexity index is 1240. The van der Waals surface area contributed by atoms with Crippen molar-refractivity contribution in [3.63, 3.8) is 0 Å². The van der Waals surface area contributed by atoms with E-state index in [1.54, 1.807) is 24.4 Å². The van der Waals surface area contributed by atoms with Crippen LogP contribution in [0.2, 0.25) is 0 Å². The van der Waals surface area contributed by atoms with Crippen molar-refractivity contribution in [2.75, 3.05) is 31.3 Å². The summed E-state index contributed by atoms with van der Waals surface area (Å²) in [5.41, 5.74) is -0.0621. The van der Waals surface area contributed by atoms with E-state index in [9.17, 15) is 14.2 Å². The van der Waals surface area contributed by atoms with Crippen LogP contribution in [0, 0.1) is 5.92 Å². The number of nitrogens with zero attached hydrogens (tertiary/aromatic N) is 4. The maximum absolute atomic E-state index is 13.0. The first kappa shape index (κ1) is 23.2. The molecule has 0 atom stereocenters. The molecule has 1 saturated heterocycles. The highest BCUT2D eigenvalue weighted by atomic mass is 31.2. The molecule has 4 heterocycles. The number of rotatable bonds is 8. The number of nitrogens with one attached hydrogen (secondary N) is 1. The van der Waals surface area contributed by atoms with Gasteiger partial charge in [-0.25, -0.2) is 4.68 Å². The van der Waals surface area contributed by atoms with Gasteiger partial charge in [0, 0.05) is 24.7 Å². The number of ether oxygens (including phenoxy) is 1. The van der Waals surface area contributed by atoms with Crippen LogP contribution in [0.4, 0.5) is 5.82 Å². The van der Waals surface area contributed by atoms with Gasteiger partial charge in [-0.1, -0.05) is 0 Å². The number of hydrogen-bond donors (Lipinski definition) is 3. The van der Waals surface area contributed by atoms with Gasteiger partial charge in [0.2, 0.25) is 11.7 Å². The van der Waals surface area contributed by atoms with E-state index in [0.29, 0.717) is 36.4 Å². The van der Waals surface area contributed by atoms with Gasteiger partial charge in [0.1, 0.15) is 17.7 Å². The highest BCUT2D eigenvalue weighted by Gasteiger charge is 2.24. The van der Waals surface area contributed by atoms with Gasteiger partial charge in [-0.15, -0.1) is 0 Å². The van der Waals surface area contributed by atoms with Crippen LogP contribution in [0.3, 0.4) is 0 Å². The van der Waals surface area contributed by atoms with Gasteiger partial charge >= 0.3 is 7.60 Å². The molecule has 12 heteroatoms. The lowest BCUT2D eigenvalue weighted by molar-refractivity contribution is 0.0961. The number of methoxy groups -OCH3 is 1. The van der Waals surface area contributed by atoms with Crippen LogP contribution < -0.4 is 15.2 Å². The molecular formula is C21H26N5O6P. The summed E-state index contributed by atoms with van der Waals surface area (Å²) >= 11 is 0. The van der Waals surface area contributed by atoms with Crippen LogP contribution in [-0.4, -0.2) is 61.7 Å². The second kappa shape index (κ2) is 9.46. The van der Waals surface area contributed by atoms with Crippen LogP contribution in [-0.2, 0) is 11.1 Å². The Balaban J connectivity index is 1.54. The number of ketones is 1. The summed E-state index contributed by atoms with van der Waals surface area (Å²) in [5.74, 6) is 0.801. The molecular weight excluding hydrogens is 449 g/mol. The summed E-state index contributed by atoms with van der Waals surface area (Å²) < 4.78 is 17.6. The van der Waals surface area contributed by atoms with Crippen molar-refractivity contribution in [3.05, 3.63) is 46.6 Å². The molecule has 4 rings (SSSR count). The normalized spacial score (nSPS) is 15.2. The van der Waals surface area contributed by atoms with E-state index in [-0.39, 0.29) is 35.7 Å². The molecule has 1 aliphatic heterocycles. The number of fused-ring (bicyclic) bond motifs is 1. The van der Waals surface area contributed by atoms with Crippen LogP contribution in [0.15, 0.2) is 35.4 Å². The molecule has 1 fully saturated rings. The minimum absolute atomic E-state index is 0.0932. The molecule has 0 bridgehead atoms. The number of carbonyl (C=O) groups is 1. The SMILES string of the molecule is COc1nc(N2CCC(CCP(=O)(O)O)CC2)cc2cnn(CC(=O)c3ccc[nH]3)c(=O)c12. The van der Waals surface area contributed by atoms with E-state index in [1.807, 2.05) is 0 Å². The molecule has 33 heavy (non-hydrogen) atoms. The van der Waals surface area contributed by atoms with E-state index in [4.69, 9.17) is 14.5 Å². The van der Waals surface area contributed by atoms with Crippen molar-refractivity contribution in [3.8, 4) is 5.88 Å². The van der Waals surface area contributed by atoms with Crippen molar-refractivity contribution < 1.29 is 23.9 Å². The third kappa shape index (κ3) is 5.32.